The Hall–Kier alpha value is -4.99. The molecule has 2 N–H and O–H groups in total. The third kappa shape index (κ3) is 6.69. The number of aromatic hydroxyl groups is 1. The molecule has 260 valence electrons. The molecule has 0 aliphatic carbocycles. The van der Waals surface area contributed by atoms with Crippen LogP contribution >= 0.6 is 11.6 Å². The van der Waals surface area contributed by atoms with Crippen LogP contribution in [0.25, 0.3) is 11.2 Å². The molecule has 0 unspecified atom stereocenters. The van der Waals surface area contributed by atoms with E-state index in [2.05, 4.69) is 25.3 Å². The summed E-state index contributed by atoms with van der Waals surface area (Å²) in [4.78, 5) is 63.5. The third-order valence-electron chi connectivity index (χ3n) is 8.71. The van der Waals surface area contributed by atoms with Gasteiger partial charge < -0.3 is 29.7 Å². The minimum atomic E-state index is -4.61. The molecule has 1 saturated heterocycles. The number of fused-ring (bicyclic) bond motifs is 1. The first kappa shape index (κ1) is 35.3. The summed E-state index contributed by atoms with van der Waals surface area (Å²) < 4.78 is 41.1. The largest absolute Gasteiger partial charge is 0.504 e. The van der Waals surface area contributed by atoms with Crippen LogP contribution in [0, 0.1) is 6.92 Å². The second kappa shape index (κ2) is 13.5. The summed E-state index contributed by atoms with van der Waals surface area (Å²) in [6, 6.07) is 1.76. The maximum Gasteiger partial charge on any atom is 0.416 e. The Morgan fingerprint density at radius 3 is 2.47 bits per heavy atom. The van der Waals surface area contributed by atoms with Crippen LogP contribution in [0.1, 0.15) is 48.2 Å². The number of hydrogen-bond acceptors (Lipinski definition) is 10. The minimum Gasteiger partial charge on any atom is -0.504 e. The van der Waals surface area contributed by atoms with Crippen molar-refractivity contribution in [3.8, 4) is 5.75 Å². The number of anilines is 3. The van der Waals surface area contributed by atoms with Crippen LogP contribution in [-0.4, -0.2) is 85.6 Å². The van der Waals surface area contributed by atoms with Gasteiger partial charge in [0.2, 0.25) is 11.3 Å². The maximum absolute atomic E-state index is 14.3. The minimum absolute atomic E-state index is 0.0125. The van der Waals surface area contributed by atoms with Gasteiger partial charge in [-0.05, 0) is 45.4 Å². The fourth-order valence-corrected chi connectivity index (χ4v) is 6.12. The van der Waals surface area contributed by atoms with Crippen molar-refractivity contribution in [1.29, 1.82) is 0 Å². The molecule has 0 saturated carbocycles. The van der Waals surface area contributed by atoms with Crippen molar-refractivity contribution in [3.63, 3.8) is 0 Å². The summed E-state index contributed by atoms with van der Waals surface area (Å²) in [6.07, 6.45) is -1.63. The molecule has 4 heterocycles. The Bertz CT molecular complexity index is 2000. The van der Waals surface area contributed by atoms with Crippen molar-refractivity contribution < 1.29 is 27.9 Å². The number of aromatic nitrogens is 5. The van der Waals surface area contributed by atoms with Crippen molar-refractivity contribution in [1.82, 2.24) is 29.4 Å². The Morgan fingerprint density at radius 1 is 1.12 bits per heavy atom. The monoisotopic (exact) mass is 701 g/mol. The molecular formula is C32H35ClF3N9O4. The van der Waals surface area contributed by atoms with E-state index in [0.717, 1.165) is 18.2 Å². The van der Waals surface area contributed by atoms with Gasteiger partial charge in [-0.3, -0.25) is 14.4 Å². The number of pyridine rings is 1. The molecule has 0 radical (unpaired) electrons. The summed E-state index contributed by atoms with van der Waals surface area (Å²) in [7, 11) is 3.49. The zero-order valence-corrected chi connectivity index (χ0v) is 28.4. The van der Waals surface area contributed by atoms with E-state index in [-0.39, 0.29) is 64.3 Å². The number of aryl methyl sites for hydroxylation is 1. The summed E-state index contributed by atoms with van der Waals surface area (Å²) in [6.45, 7) is 7.13. The molecule has 0 bridgehead atoms. The summed E-state index contributed by atoms with van der Waals surface area (Å²) in [5.74, 6) is -0.994. The lowest BCUT2D eigenvalue weighted by Crippen LogP contribution is -2.60. The second-order valence-electron chi connectivity index (χ2n) is 11.9. The molecule has 17 heteroatoms. The van der Waals surface area contributed by atoms with Crippen LogP contribution in [0.3, 0.4) is 0 Å². The molecule has 3 aromatic heterocycles. The van der Waals surface area contributed by atoms with Gasteiger partial charge >= 0.3 is 6.18 Å². The average Bonchev–Trinajstić information content (AvgIpc) is 3.05. The number of benzene rings is 1. The highest BCUT2D eigenvalue weighted by atomic mass is 35.5. The highest BCUT2D eigenvalue weighted by Crippen LogP contribution is 2.34. The Labute approximate surface area is 284 Å². The highest BCUT2D eigenvalue weighted by molar-refractivity contribution is 6.33. The predicted octanol–water partition coefficient (Wildman–Crippen LogP) is 4.27. The quantitative estimate of drug-likeness (QED) is 0.286. The van der Waals surface area contributed by atoms with Gasteiger partial charge in [0.15, 0.2) is 22.6 Å². The molecule has 1 aliphatic heterocycles. The van der Waals surface area contributed by atoms with E-state index in [1.54, 1.807) is 35.4 Å². The number of nitrogens with one attached hydrogen (secondary N) is 1. The Balaban J connectivity index is 1.56. The standard InChI is InChI=1S/C32H35ClF3N9O4/c1-7-22-27(43-10-11-44(18(4)17(43)3)31(49)26-28(47)16(2)38-15-39-26)29(48)25-30(37-13-23(41-25)42(5)6)45(22)14-24(46)40-21-9-8-19(12-20(21)33)32(34,35)36/h8-9,12-13,15,17-18,47H,7,10-11,14H2,1-6H3,(H,40,46)/t17-,18+/m0/s1. The molecule has 0 spiro atoms. The van der Waals surface area contributed by atoms with Gasteiger partial charge in [0.1, 0.15) is 24.4 Å². The molecule has 1 aliphatic rings. The van der Waals surface area contributed by atoms with Crippen LogP contribution in [0.2, 0.25) is 5.02 Å². The first-order valence-electron chi connectivity index (χ1n) is 15.4. The van der Waals surface area contributed by atoms with E-state index in [9.17, 15) is 32.7 Å². The predicted molar refractivity (Wildman–Crippen MR) is 178 cm³/mol. The first-order chi connectivity index (χ1) is 23.0. The lowest BCUT2D eigenvalue weighted by atomic mass is 10.0. The second-order valence-corrected chi connectivity index (χ2v) is 12.3. The smallest absolute Gasteiger partial charge is 0.416 e. The first-order valence-corrected chi connectivity index (χ1v) is 15.8. The lowest BCUT2D eigenvalue weighted by Gasteiger charge is -2.46. The fraction of sp³-hybridized carbons (Fsp3) is 0.406. The van der Waals surface area contributed by atoms with Crippen molar-refractivity contribution >= 4 is 51.8 Å². The lowest BCUT2D eigenvalue weighted by molar-refractivity contribution is -0.137. The van der Waals surface area contributed by atoms with Crippen LogP contribution in [0.4, 0.5) is 30.4 Å². The summed E-state index contributed by atoms with van der Waals surface area (Å²) in [5.41, 5.74) is -0.314. The van der Waals surface area contributed by atoms with Gasteiger partial charge in [0, 0.05) is 45.0 Å². The third-order valence-corrected chi connectivity index (χ3v) is 9.02. The van der Waals surface area contributed by atoms with Gasteiger partial charge in [-0.25, -0.2) is 19.9 Å². The van der Waals surface area contributed by atoms with E-state index in [1.165, 1.54) is 12.5 Å². The average molecular weight is 702 g/mol. The van der Waals surface area contributed by atoms with Crippen LogP contribution < -0.4 is 20.5 Å². The van der Waals surface area contributed by atoms with Gasteiger partial charge in [0.05, 0.1) is 28.2 Å². The Morgan fingerprint density at radius 2 is 1.84 bits per heavy atom. The van der Waals surface area contributed by atoms with Gasteiger partial charge in [-0.1, -0.05) is 18.5 Å². The van der Waals surface area contributed by atoms with Crippen molar-refractivity contribution in [3.05, 3.63) is 68.6 Å². The normalized spacial score (nSPS) is 16.6. The molecule has 2 amide bonds. The molecule has 1 aromatic carbocycles. The number of halogens is 4. The highest BCUT2D eigenvalue weighted by Gasteiger charge is 2.38. The van der Waals surface area contributed by atoms with Crippen LogP contribution in [0.5, 0.6) is 5.75 Å². The summed E-state index contributed by atoms with van der Waals surface area (Å²) >= 11 is 6.10. The molecule has 49 heavy (non-hydrogen) atoms. The Kier molecular flexibility index (Phi) is 9.72. The molecule has 2 atom stereocenters. The van der Waals surface area contributed by atoms with Gasteiger partial charge in [0.25, 0.3) is 5.91 Å². The number of rotatable bonds is 7. The molecular weight excluding hydrogens is 667 g/mol. The fourth-order valence-electron chi connectivity index (χ4n) is 5.89. The number of nitrogens with zero attached hydrogens (tertiary/aromatic N) is 8. The van der Waals surface area contributed by atoms with E-state index in [0.29, 0.717) is 17.9 Å². The van der Waals surface area contributed by atoms with Gasteiger partial charge in [-0.15, -0.1) is 0 Å². The van der Waals surface area contributed by atoms with Crippen molar-refractivity contribution in [2.24, 2.45) is 0 Å². The number of alkyl halides is 3. The van der Waals surface area contributed by atoms with Crippen molar-refractivity contribution in [2.75, 3.05) is 42.3 Å². The molecule has 5 rings (SSSR count). The van der Waals surface area contributed by atoms with Crippen molar-refractivity contribution in [2.45, 2.75) is 58.9 Å². The number of carbonyl (C=O) groups is 2. The van der Waals surface area contributed by atoms with Crippen LogP contribution in [-0.2, 0) is 23.9 Å². The van der Waals surface area contributed by atoms with Gasteiger partial charge in [-0.2, -0.15) is 13.2 Å². The van der Waals surface area contributed by atoms with E-state index < -0.39 is 41.1 Å². The molecule has 13 nitrogen and oxygen atoms in total. The maximum atomic E-state index is 14.3. The topological polar surface area (TPSA) is 150 Å². The molecule has 4 aromatic rings. The molecule has 1 fully saturated rings. The summed E-state index contributed by atoms with van der Waals surface area (Å²) in [5, 5.41) is 12.8. The number of carbonyl (C=O) groups excluding carboxylic acids is 2. The van der Waals surface area contributed by atoms with E-state index in [1.807, 2.05) is 25.7 Å². The number of piperazine rings is 1. The number of hydrogen-bond donors (Lipinski definition) is 2. The zero-order valence-electron chi connectivity index (χ0n) is 27.6. The number of amides is 2. The van der Waals surface area contributed by atoms with E-state index >= 15 is 0 Å². The zero-order chi connectivity index (χ0) is 35.9. The van der Waals surface area contributed by atoms with E-state index in [4.69, 9.17) is 11.6 Å². The van der Waals surface area contributed by atoms with Crippen LogP contribution in [0.15, 0.2) is 35.5 Å². The SMILES string of the molecule is CCc1c(N2CCN(C(=O)c3ncnc(C)c3O)[C@H](C)[C@@H]2C)c(=O)c2nc(N(C)C)cnc2n1CC(=O)Nc1ccc(C(F)(F)F)cc1Cl.